The molecule has 2 atom stereocenters. The van der Waals surface area contributed by atoms with Crippen LogP contribution in [0.4, 0.5) is 0 Å². The molecule has 4 nitrogen and oxygen atoms in total. The molecule has 6 heteroatoms. The summed E-state index contributed by atoms with van der Waals surface area (Å²) in [6.07, 6.45) is 5.59. The first-order chi connectivity index (χ1) is 11.3. The standard InChI is InChI=1S/C17H14N2O2S2/c20-16(11-3-1-6-18-9-11)14-15(13-4-2-7-23-13)19-21-17(14)12-5-8-22-10-12/h1-3,5-10,13,16,20H,4H2. The maximum Gasteiger partial charge on any atom is 0.174 e. The number of allylic oxidation sites excluding steroid dienone is 1. The van der Waals surface area contributed by atoms with E-state index in [1.165, 1.54) is 0 Å². The van der Waals surface area contributed by atoms with Crippen molar-refractivity contribution < 1.29 is 9.63 Å². The van der Waals surface area contributed by atoms with E-state index in [4.69, 9.17) is 4.52 Å². The Morgan fingerprint density at radius 1 is 1.35 bits per heavy atom. The van der Waals surface area contributed by atoms with Crippen molar-refractivity contribution in [3.8, 4) is 11.3 Å². The van der Waals surface area contributed by atoms with Crippen molar-refractivity contribution in [2.75, 3.05) is 0 Å². The van der Waals surface area contributed by atoms with E-state index >= 15 is 0 Å². The number of aliphatic hydroxyl groups is 1. The molecule has 0 amide bonds. The predicted octanol–water partition coefficient (Wildman–Crippen LogP) is 4.57. The molecule has 3 aromatic rings. The largest absolute Gasteiger partial charge is 0.383 e. The van der Waals surface area contributed by atoms with Gasteiger partial charge in [-0.05, 0) is 29.3 Å². The lowest BCUT2D eigenvalue weighted by molar-refractivity contribution is 0.218. The van der Waals surface area contributed by atoms with Crippen molar-refractivity contribution in [3.05, 3.63) is 69.7 Å². The van der Waals surface area contributed by atoms with Crippen LogP contribution in [0.5, 0.6) is 0 Å². The molecule has 2 unspecified atom stereocenters. The molecule has 0 aromatic carbocycles. The Bertz CT molecular complexity index is 805. The summed E-state index contributed by atoms with van der Waals surface area (Å²) in [5, 5.41) is 21.5. The Balaban J connectivity index is 1.82. The molecular weight excluding hydrogens is 328 g/mol. The summed E-state index contributed by atoms with van der Waals surface area (Å²) in [5.74, 6) is 0.644. The van der Waals surface area contributed by atoms with E-state index in [-0.39, 0.29) is 5.25 Å². The third-order valence-corrected chi connectivity index (χ3v) is 5.58. The number of hydrogen-bond acceptors (Lipinski definition) is 6. The van der Waals surface area contributed by atoms with Gasteiger partial charge in [-0.1, -0.05) is 17.3 Å². The van der Waals surface area contributed by atoms with Crippen LogP contribution in [0.3, 0.4) is 0 Å². The number of thioether (sulfide) groups is 1. The van der Waals surface area contributed by atoms with E-state index in [0.29, 0.717) is 5.76 Å². The minimum absolute atomic E-state index is 0.187. The zero-order chi connectivity index (χ0) is 15.6. The number of hydrogen-bond donors (Lipinski definition) is 1. The second kappa shape index (κ2) is 6.31. The average molecular weight is 342 g/mol. The molecule has 116 valence electrons. The number of thiophene rings is 1. The van der Waals surface area contributed by atoms with E-state index in [9.17, 15) is 5.11 Å². The summed E-state index contributed by atoms with van der Waals surface area (Å²) >= 11 is 3.30. The zero-order valence-corrected chi connectivity index (χ0v) is 13.8. The molecule has 3 aromatic heterocycles. The molecule has 0 saturated carbocycles. The first-order valence-corrected chi connectivity index (χ1v) is 9.13. The van der Waals surface area contributed by atoms with Crippen LogP contribution in [-0.2, 0) is 0 Å². The highest BCUT2D eigenvalue weighted by Crippen LogP contribution is 2.45. The molecule has 4 rings (SSSR count). The highest BCUT2D eigenvalue weighted by atomic mass is 32.2. The molecule has 0 radical (unpaired) electrons. The maximum absolute atomic E-state index is 10.9. The fraction of sp³-hybridized carbons (Fsp3) is 0.176. The molecule has 0 saturated heterocycles. The molecule has 23 heavy (non-hydrogen) atoms. The van der Waals surface area contributed by atoms with E-state index < -0.39 is 6.10 Å². The van der Waals surface area contributed by atoms with E-state index in [1.54, 1.807) is 35.5 Å². The average Bonchev–Trinajstić information content (AvgIpc) is 3.33. The number of rotatable bonds is 4. The fourth-order valence-corrected chi connectivity index (χ4v) is 4.24. The zero-order valence-electron chi connectivity index (χ0n) is 12.1. The summed E-state index contributed by atoms with van der Waals surface area (Å²) < 4.78 is 5.63. The number of aliphatic hydroxyl groups excluding tert-OH is 1. The van der Waals surface area contributed by atoms with Gasteiger partial charge in [0.2, 0.25) is 0 Å². The van der Waals surface area contributed by atoms with Crippen molar-refractivity contribution in [1.82, 2.24) is 10.1 Å². The summed E-state index contributed by atoms with van der Waals surface area (Å²) in [7, 11) is 0. The molecule has 0 bridgehead atoms. The van der Waals surface area contributed by atoms with Gasteiger partial charge in [-0.3, -0.25) is 4.98 Å². The van der Waals surface area contributed by atoms with Gasteiger partial charge in [-0.15, -0.1) is 11.8 Å². The quantitative estimate of drug-likeness (QED) is 0.752. The Morgan fingerprint density at radius 2 is 2.30 bits per heavy atom. The van der Waals surface area contributed by atoms with E-state index in [2.05, 4.69) is 21.6 Å². The van der Waals surface area contributed by atoms with Crippen LogP contribution in [0.1, 0.15) is 34.6 Å². The Kier molecular flexibility index (Phi) is 4.03. The normalized spacial score (nSPS) is 18.4. The molecule has 1 aliphatic rings. The summed E-state index contributed by atoms with van der Waals surface area (Å²) in [6.45, 7) is 0. The summed E-state index contributed by atoms with van der Waals surface area (Å²) in [4.78, 5) is 4.11. The number of nitrogens with zero attached hydrogens (tertiary/aromatic N) is 2. The molecular formula is C17H14N2O2S2. The molecule has 1 aliphatic heterocycles. The Hall–Kier alpha value is -1.89. The smallest absolute Gasteiger partial charge is 0.174 e. The minimum Gasteiger partial charge on any atom is -0.383 e. The van der Waals surface area contributed by atoms with E-state index in [0.717, 1.165) is 28.8 Å². The van der Waals surface area contributed by atoms with E-state index in [1.807, 2.05) is 29.0 Å². The van der Waals surface area contributed by atoms with Gasteiger partial charge in [0, 0.05) is 28.9 Å². The van der Waals surface area contributed by atoms with Gasteiger partial charge in [-0.25, -0.2) is 0 Å². The molecule has 1 N–H and O–H groups in total. The molecule has 0 aliphatic carbocycles. The van der Waals surface area contributed by atoms with Crippen LogP contribution in [-0.4, -0.2) is 15.2 Å². The highest BCUT2D eigenvalue weighted by molar-refractivity contribution is 8.02. The fourth-order valence-electron chi connectivity index (χ4n) is 2.67. The van der Waals surface area contributed by atoms with Gasteiger partial charge in [0.05, 0.1) is 10.8 Å². The van der Waals surface area contributed by atoms with Crippen LogP contribution in [0, 0.1) is 0 Å². The second-order valence-electron chi connectivity index (χ2n) is 5.24. The van der Waals surface area contributed by atoms with Crippen LogP contribution in [0.25, 0.3) is 11.3 Å². The molecule has 0 spiro atoms. The van der Waals surface area contributed by atoms with Crippen molar-refractivity contribution in [2.24, 2.45) is 0 Å². The van der Waals surface area contributed by atoms with Crippen molar-refractivity contribution >= 4 is 23.1 Å². The lowest BCUT2D eigenvalue weighted by Gasteiger charge is -2.14. The molecule has 4 heterocycles. The van der Waals surface area contributed by atoms with Crippen LogP contribution >= 0.6 is 23.1 Å². The maximum atomic E-state index is 10.9. The van der Waals surface area contributed by atoms with Crippen LogP contribution < -0.4 is 0 Å². The summed E-state index contributed by atoms with van der Waals surface area (Å²) in [6, 6.07) is 5.67. The first kappa shape index (κ1) is 14.7. The van der Waals surface area contributed by atoms with Gasteiger partial charge in [-0.2, -0.15) is 11.3 Å². The summed E-state index contributed by atoms with van der Waals surface area (Å²) in [5.41, 5.74) is 3.25. The second-order valence-corrected chi connectivity index (χ2v) is 7.14. The highest BCUT2D eigenvalue weighted by Gasteiger charge is 2.30. The third-order valence-electron chi connectivity index (χ3n) is 3.81. The van der Waals surface area contributed by atoms with Gasteiger partial charge in [0.15, 0.2) is 5.76 Å². The van der Waals surface area contributed by atoms with Crippen molar-refractivity contribution in [3.63, 3.8) is 0 Å². The van der Waals surface area contributed by atoms with Crippen LogP contribution in [0.15, 0.2) is 57.4 Å². The van der Waals surface area contributed by atoms with Crippen molar-refractivity contribution in [1.29, 1.82) is 0 Å². The number of pyridine rings is 1. The van der Waals surface area contributed by atoms with Gasteiger partial charge < -0.3 is 9.63 Å². The lowest BCUT2D eigenvalue weighted by Crippen LogP contribution is -2.05. The monoisotopic (exact) mass is 342 g/mol. The SMILES string of the molecule is OC(c1cccnc1)c1c(C2CC=CS2)noc1-c1ccsc1. The van der Waals surface area contributed by atoms with Crippen molar-refractivity contribution in [2.45, 2.75) is 17.8 Å². The third kappa shape index (κ3) is 2.73. The number of aromatic nitrogens is 2. The van der Waals surface area contributed by atoms with Gasteiger partial charge in [0.25, 0.3) is 0 Å². The first-order valence-electron chi connectivity index (χ1n) is 7.25. The van der Waals surface area contributed by atoms with Gasteiger partial charge in [0.1, 0.15) is 11.8 Å². The Labute approximate surface area is 141 Å². The van der Waals surface area contributed by atoms with Gasteiger partial charge >= 0.3 is 0 Å². The molecule has 0 fully saturated rings. The minimum atomic E-state index is -0.805. The Morgan fingerprint density at radius 3 is 3.00 bits per heavy atom. The predicted molar refractivity (Wildman–Crippen MR) is 92.2 cm³/mol. The topological polar surface area (TPSA) is 59.2 Å². The lowest BCUT2D eigenvalue weighted by atomic mass is 9.97. The van der Waals surface area contributed by atoms with Crippen LogP contribution in [0.2, 0.25) is 0 Å².